The molecular formula is C19H22N4OS. The zero-order valence-corrected chi connectivity index (χ0v) is 15.1. The van der Waals surface area contributed by atoms with Crippen LogP contribution in [-0.2, 0) is 13.2 Å². The molecule has 0 unspecified atom stereocenters. The van der Waals surface area contributed by atoms with Crippen molar-refractivity contribution in [1.29, 1.82) is 0 Å². The lowest BCUT2D eigenvalue weighted by atomic mass is 10.1. The highest BCUT2D eigenvalue weighted by atomic mass is 32.1. The van der Waals surface area contributed by atoms with Gasteiger partial charge in [0.1, 0.15) is 12.4 Å². The summed E-state index contributed by atoms with van der Waals surface area (Å²) in [7, 11) is 0. The molecule has 1 saturated heterocycles. The van der Waals surface area contributed by atoms with Gasteiger partial charge in [0.2, 0.25) is 0 Å². The van der Waals surface area contributed by atoms with E-state index in [9.17, 15) is 0 Å². The Morgan fingerprint density at radius 1 is 1.32 bits per heavy atom. The van der Waals surface area contributed by atoms with E-state index in [0.717, 1.165) is 48.2 Å². The predicted octanol–water partition coefficient (Wildman–Crippen LogP) is 3.74. The molecule has 1 aromatic carbocycles. The Kier molecular flexibility index (Phi) is 4.81. The van der Waals surface area contributed by atoms with Crippen molar-refractivity contribution < 1.29 is 4.74 Å². The van der Waals surface area contributed by atoms with E-state index >= 15 is 0 Å². The third-order valence-electron chi connectivity index (χ3n) is 4.53. The Bertz CT molecular complexity index is 814. The number of nitrogens with one attached hydrogen (secondary N) is 1. The van der Waals surface area contributed by atoms with Crippen molar-refractivity contribution in [3.8, 4) is 5.75 Å². The molecule has 5 nitrogen and oxygen atoms in total. The number of hydrogen-bond donors (Lipinski definition) is 1. The summed E-state index contributed by atoms with van der Waals surface area (Å²) in [5.41, 5.74) is 2.17. The van der Waals surface area contributed by atoms with Gasteiger partial charge in [0, 0.05) is 30.1 Å². The first-order valence-electron chi connectivity index (χ1n) is 8.62. The van der Waals surface area contributed by atoms with E-state index in [1.54, 1.807) is 11.3 Å². The number of likely N-dealkylation sites (tertiary alicyclic amines) is 1. The van der Waals surface area contributed by atoms with Crippen LogP contribution in [0.1, 0.15) is 33.6 Å². The molecule has 1 fully saturated rings. The van der Waals surface area contributed by atoms with E-state index in [1.165, 1.54) is 4.88 Å². The Morgan fingerprint density at radius 2 is 2.20 bits per heavy atom. The molecule has 3 aromatic rings. The average molecular weight is 354 g/mol. The summed E-state index contributed by atoms with van der Waals surface area (Å²) in [4.78, 5) is 8.18. The lowest BCUT2D eigenvalue weighted by molar-refractivity contribution is 0.301. The lowest BCUT2D eigenvalue weighted by Gasteiger charge is -2.13. The highest BCUT2D eigenvalue weighted by Gasteiger charge is 2.26. The fourth-order valence-corrected chi connectivity index (χ4v) is 4.09. The molecule has 0 spiro atoms. The number of hydrogen-bond acceptors (Lipinski definition) is 5. The number of H-pyrrole nitrogens is 1. The molecule has 1 aliphatic rings. The second-order valence-electron chi connectivity index (χ2n) is 6.49. The van der Waals surface area contributed by atoms with Crippen molar-refractivity contribution in [2.75, 3.05) is 13.1 Å². The lowest BCUT2D eigenvalue weighted by Crippen LogP contribution is -2.19. The SMILES string of the molecule is Cc1ncc(CN2CC[C@H](c3cc(COc4ccccc4)[nH]n3)C2)s1. The number of benzene rings is 1. The Morgan fingerprint density at radius 3 is 3.00 bits per heavy atom. The van der Waals surface area contributed by atoms with Crippen LogP contribution in [0.5, 0.6) is 5.75 Å². The summed E-state index contributed by atoms with van der Waals surface area (Å²) >= 11 is 1.79. The number of aromatic nitrogens is 3. The van der Waals surface area contributed by atoms with Crippen LogP contribution in [0, 0.1) is 6.92 Å². The van der Waals surface area contributed by atoms with E-state index in [-0.39, 0.29) is 0 Å². The highest BCUT2D eigenvalue weighted by Crippen LogP contribution is 2.28. The number of para-hydroxylation sites is 1. The average Bonchev–Trinajstić information content (AvgIpc) is 3.36. The van der Waals surface area contributed by atoms with Crippen molar-refractivity contribution in [1.82, 2.24) is 20.1 Å². The predicted molar refractivity (Wildman–Crippen MR) is 98.8 cm³/mol. The maximum absolute atomic E-state index is 5.78. The first-order valence-corrected chi connectivity index (χ1v) is 9.43. The van der Waals surface area contributed by atoms with E-state index in [2.05, 4.69) is 33.1 Å². The summed E-state index contributed by atoms with van der Waals surface area (Å²) in [6.07, 6.45) is 3.16. The number of rotatable bonds is 6. The molecule has 1 N–H and O–H groups in total. The minimum Gasteiger partial charge on any atom is -0.487 e. The van der Waals surface area contributed by atoms with Gasteiger partial charge in [0.05, 0.1) is 16.4 Å². The summed E-state index contributed by atoms with van der Waals surface area (Å²) in [5.74, 6) is 1.38. The van der Waals surface area contributed by atoms with E-state index in [1.807, 2.05) is 36.5 Å². The maximum Gasteiger partial charge on any atom is 0.130 e. The molecule has 6 heteroatoms. The van der Waals surface area contributed by atoms with Crippen molar-refractivity contribution in [2.24, 2.45) is 0 Å². The van der Waals surface area contributed by atoms with Gasteiger partial charge >= 0.3 is 0 Å². The second-order valence-corrected chi connectivity index (χ2v) is 7.81. The summed E-state index contributed by atoms with van der Waals surface area (Å²) in [6.45, 7) is 5.75. The number of aryl methyl sites for hydroxylation is 1. The first-order chi connectivity index (χ1) is 12.3. The molecule has 4 rings (SSSR count). The molecule has 1 aliphatic heterocycles. The zero-order valence-electron chi connectivity index (χ0n) is 14.3. The van der Waals surface area contributed by atoms with Gasteiger partial charge in [-0.15, -0.1) is 11.3 Å². The molecule has 0 radical (unpaired) electrons. The van der Waals surface area contributed by atoms with Gasteiger partial charge in [-0.2, -0.15) is 5.10 Å². The van der Waals surface area contributed by atoms with Gasteiger partial charge in [-0.05, 0) is 38.1 Å². The quantitative estimate of drug-likeness (QED) is 0.733. The van der Waals surface area contributed by atoms with Gasteiger partial charge in [-0.25, -0.2) is 4.98 Å². The van der Waals surface area contributed by atoms with Crippen molar-refractivity contribution in [2.45, 2.75) is 32.4 Å². The van der Waals surface area contributed by atoms with Gasteiger partial charge in [0.25, 0.3) is 0 Å². The smallest absolute Gasteiger partial charge is 0.130 e. The molecule has 2 aromatic heterocycles. The minimum absolute atomic E-state index is 0.496. The van der Waals surface area contributed by atoms with E-state index in [0.29, 0.717) is 12.5 Å². The summed E-state index contributed by atoms with van der Waals surface area (Å²) < 4.78 is 5.78. The molecule has 1 atom stereocenters. The Balaban J connectivity index is 1.31. The monoisotopic (exact) mass is 354 g/mol. The number of ether oxygens (including phenoxy) is 1. The third kappa shape index (κ3) is 4.08. The van der Waals surface area contributed by atoms with Gasteiger partial charge in [-0.1, -0.05) is 18.2 Å². The molecule has 0 amide bonds. The molecular weight excluding hydrogens is 332 g/mol. The normalized spacial score (nSPS) is 17.9. The zero-order chi connectivity index (χ0) is 17.1. The van der Waals surface area contributed by atoms with Crippen molar-refractivity contribution in [3.63, 3.8) is 0 Å². The Hall–Kier alpha value is -2.18. The second kappa shape index (κ2) is 7.37. The molecule has 0 saturated carbocycles. The summed E-state index contributed by atoms with van der Waals surface area (Å²) in [5, 5.41) is 8.77. The molecule has 0 aliphatic carbocycles. The first kappa shape index (κ1) is 16.3. The van der Waals surface area contributed by atoms with Crippen LogP contribution in [0.3, 0.4) is 0 Å². The van der Waals surface area contributed by atoms with Gasteiger partial charge in [-0.3, -0.25) is 10.00 Å². The fourth-order valence-electron chi connectivity index (χ4n) is 3.26. The van der Waals surface area contributed by atoms with Crippen molar-refractivity contribution in [3.05, 3.63) is 63.9 Å². The number of nitrogens with zero attached hydrogens (tertiary/aromatic N) is 3. The standard InChI is InChI=1S/C19H22N4OS/c1-14-20-10-18(25-14)12-23-8-7-15(11-23)19-9-16(21-22-19)13-24-17-5-3-2-4-6-17/h2-6,9-10,15H,7-8,11-13H2,1H3,(H,21,22)/t15-/m0/s1. The maximum atomic E-state index is 5.78. The van der Waals surface area contributed by atoms with Gasteiger partial charge < -0.3 is 4.74 Å². The van der Waals surface area contributed by atoms with Crippen LogP contribution in [0.15, 0.2) is 42.6 Å². The van der Waals surface area contributed by atoms with Gasteiger partial charge in [0.15, 0.2) is 0 Å². The van der Waals surface area contributed by atoms with E-state index < -0.39 is 0 Å². The van der Waals surface area contributed by atoms with Crippen LogP contribution in [0.2, 0.25) is 0 Å². The van der Waals surface area contributed by atoms with Crippen LogP contribution in [0.25, 0.3) is 0 Å². The van der Waals surface area contributed by atoms with Crippen LogP contribution in [-0.4, -0.2) is 33.2 Å². The minimum atomic E-state index is 0.496. The third-order valence-corrected chi connectivity index (χ3v) is 5.43. The highest BCUT2D eigenvalue weighted by molar-refractivity contribution is 7.11. The topological polar surface area (TPSA) is 54.0 Å². The molecule has 0 bridgehead atoms. The van der Waals surface area contributed by atoms with Crippen LogP contribution >= 0.6 is 11.3 Å². The summed E-state index contributed by atoms with van der Waals surface area (Å²) in [6, 6.07) is 12.0. The largest absolute Gasteiger partial charge is 0.487 e. The fraction of sp³-hybridized carbons (Fsp3) is 0.368. The molecule has 3 heterocycles. The van der Waals surface area contributed by atoms with Crippen LogP contribution in [0.4, 0.5) is 0 Å². The van der Waals surface area contributed by atoms with Crippen molar-refractivity contribution >= 4 is 11.3 Å². The molecule has 130 valence electrons. The molecule has 25 heavy (non-hydrogen) atoms. The Labute approximate surface area is 151 Å². The number of thiazole rings is 1. The van der Waals surface area contributed by atoms with Crippen LogP contribution < -0.4 is 4.74 Å². The number of aromatic amines is 1. The van der Waals surface area contributed by atoms with E-state index in [4.69, 9.17) is 4.74 Å².